The predicted octanol–water partition coefficient (Wildman–Crippen LogP) is 1.79. The Morgan fingerprint density at radius 3 is 2.10 bits per heavy atom. The number of rotatable bonds is 11. The third-order valence-electron chi connectivity index (χ3n) is 13.7. The van der Waals surface area contributed by atoms with Gasteiger partial charge in [0.25, 0.3) is 0 Å². The molecule has 6 fully saturated rings. The summed E-state index contributed by atoms with van der Waals surface area (Å²) in [5.41, 5.74) is -4.89. The van der Waals surface area contributed by atoms with E-state index in [0.29, 0.717) is 19.5 Å². The van der Waals surface area contributed by atoms with Crippen LogP contribution in [0, 0.1) is 34.5 Å². The SMILES string of the molecule is CCN1C[C@@]2(COC)C3[C@@H](OC)[C@H]4C1[C@@]3(C1C[C@@]3(OC(C)=O)[C@H](OC(=O)c5ccccc5)C1[C@]4(OC(C)=O)[C@@H](O)[C@@H]3OC)[C@@H](OC)C[C@H]2OC(C)=O. The molecule has 52 heavy (non-hydrogen) atoms. The Labute approximate surface area is 303 Å². The van der Waals surface area contributed by atoms with Gasteiger partial charge in [-0.15, -0.1) is 0 Å². The van der Waals surface area contributed by atoms with Crippen LogP contribution in [0.1, 0.15) is 50.9 Å². The molecule has 7 rings (SSSR count). The van der Waals surface area contributed by atoms with Crippen LogP contribution >= 0.6 is 0 Å². The number of aliphatic hydroxyl groups is 1. The minimum atomic E-state index is -1.77. The van der Waals surface area contributed by atoms with Gasteiger partial charge in [-0.05, 0) is 31.0 Å². The first-order valence-electron chi connectivity index (χ1n) is 18.1. The van der Waals surface area contributed by atoms with Gasteiger partial charge in [0, 0.05) is 96.8 Å². The molecule has 1 spiro atoms. The lowest BCUT2D eigenvalue weighted by atomic mass is 9.42. The summed E-state index contributed by atoms with van der Waals surface area (Å²) in [6, 6.07) is 8.05. The zero-order chi connectivity index (χ0) is 37.5. The lowest BCUT2D eigenvalue weighted by Gasteiger charge is -2.70. The highest BCUT2D eigenvalue weighted by Gasteiger charge is 2.93. The number of likely N-dealkylation sites (tertiary alicyclic amines) is 1. The normalized spacial score (nSPS) is 45.2. The van der Waals surface area contributed by atoms with Crippen molar-refractivity contribution in [2.45, 2.75) is 94.4 Å². The van der Waals surface area contributed by atoms with Gasteiger partial charge in [-0.1, -0.05) is 25.1 Å². The number of nitrogens with zero attached hydrogens (tertiary/aromatic N) is 1. The third-order valence-corrected chi connectivity index (χ3v) is 13.7. The van der Waals surface area contributed by atoms with Crippen LogP contribution in [0.3, 0.4) is 0 Å². The highest BCUT2D eigenvalue weighted by Crippen LogP contribution is 2.81. The van der Waals surface area contributed by atoms with Crippen molar-refractivity contribution in [1.29, 1.82) is 0 Å². The first-order valence-corrected chi connectivity index (χ1v) is 18.1. The minimum absolute atomic E-state index is 0.0808. The van der Waals surface area contributed by atoms with Crippen LogP contribution in [0.2, 0.25) is 0 Å². The van der Waals surface area contributed by atoms with E-state index in [2.05, 4.69) is 4.90 Å². The number of aliphatic hydroxyl groups excluding tert-OH is 1. The van der Waals surface area contributed by atoms with E-state index >= 15 is 0 Å². The molecule has 1 aromatic rings. The number of hydrogen-bond donors (Lipinski definition) is 1. The average molecular weight is 730 g/mol. The Morgan fingerprint density at radius 1 is 0.846 bits per heavy atom. The molecule has 286 valence electrons. The first-order chi connectivity index (χ1) is 24.8. The molecule has 1 heterocycles. The van der Waals surface area contributed by atoms with Crippen molar-refractivity contribution in [3.63, 3.8) is 0 Å². The average Bonchev–Trinajstić information content (AvgIpc) is 3.49. The predicted molar refractivity (Wildman–Crippen MR) is 180 cm³/mol. The summed E-state index contributed by atoms with van der Waals surface area (Å²) in [7, 11) is 6.24. The van der Waals surface area contributed by atoms with E-state index in [0.717, 1.165) is 0 Å². The van der Waals surface area contributed by atoms with Crippen molar-refractivity contribution in [2.75, 3.05) is 48.1 Å². The van der Waals surface area contributed by atoms with Gasteiger partial charge >= 0.3 is 23.9 Å². The molecule has 0 amide bonds. The molecule has 0 aromatic heterocycles. The summed E-state index contributed by atoms with van der Waals surface area (Å²) in [5.74, 6) is -5.09. The summed E-state index contributed by atoms with van der Waals surface area (Å²) in [6.45, 7) is 7.17. The maximum atomic E-state index is 14.1. The van der Waals surface area contributed by atoms with E-state index in [1.807, 2.05) is 6.92 Å². The molecule has 15 atom stereocenters. The summed E-state index contributed by atoms with van der Waals surface area (Å²) in [6.07, 6.45) is -5.57. The second kappa shape index (κ2) is 13.0. The number of piperidine rings is 1. The van der Waals surface area contributed by atoms with Crippen LogP contribution in [0.25, 0.3) is 0 Å². The van der Waals surface area contributed by atoms with Crippen LogP contribution in [-0.2, 0) is 52.3 Å². The van der Waals surface area contributed by atoms with Gasteiger partial charge in [0.2, 0.25) is 0 Å². The van der Waals surface area contributed by atoms with Crippen LogP contribution in [0.4, 0.5) is 0 Å². The summed E-state index contributed by atoms with van der Waals surface area (Å²) < 4.78 is 50.8. The molecule has 4 unspecified atom stereocenters. The van der Waals surface area contributed by atoms with Gasteiger partial charge in [0.1, 0.15) is 18.3 Å². The number of carbonyl (C=O) groups is 4. The number of ether oxygens (including phenoxy) is 8. The second-order valence-corrected chi connectivity index (χ2v) is 15.6. The van der Waals surface area contributed by atoms with E-state index in [4.69, 9.17) is 37.9 Å². The minimum Gasteiger partial charge on any atom is -0.462 e. The summed E-state index contributed by atoms with van der Waals surface area (Å²) >= 11 is 0. The molecule has 7 bridgehead atoms. The van der Waals surface area contributed by atoms with Crippen molar-refractivity contribution < 1.29 is 62.2 Å². The number of fused-ring (bicyclic) bond motifs is 2. The van der Waals surface area contributed by atoms with Crippen LogP contribution in [0.5, 0.6) is 0 Å². The van der Waals surface area contributed by atoms with Crippen molar-refractivity contribution >= 4 is 23.9 Å². The van der Waals surface area contributed by atoms with E-state index < -0.39 is 112 Å². The molecule has 14 heteroatoms. The van der Waals surface area contributed by atoms with Gasteiger partial charge in [-0.3, -0.25) is 19.3 Å². The number of benzene rings is 1. The van der Waals surface area contributed by atoms with Crippen molar-refractivity contribution in [3.05, 3.63) is 35.9 Å². The number of methoxy groups -OCH3 is 4. The Bertz CT molecular complexity index is 1590. The molecule has 1 N–H and O–H groups in total. The van der Waals surface area contributed by atoms with Gasteiger partial charge in [-0.2, -0.15) is 0 Å². The van der Waals surface area contributed by atoms with Crippen molar-refractivity contribution in [2.24, 2.45) is 34.5 Å². The summed E-state index contributed by atoms with van der Waals surface area (Å²) in [5, 5.41) is 12.9. The van der Waals surface area contributed by atoms with Gasteiger partial charge in [0.15, 0.2) is 17.3 Å². The molecule has 5 saturated carbocycles. The third kappa shape index (κ3) is 4.57. The van der Waals surface area contributed by atoms with Crippen LogP contribution in [0.15, 0.2) is 30.3 Å². The Hall–Kier alpha value is -3.14. The maximum absolute atomic E-state index is 14.1. The fourth-order valence-electron chi connectivity index (χ4n) is 13.1. The lowest BCUT2D eigenvalue weighted by Crippen LogP contribution is -2.82. The second-order valence-electron chi connectivity index (χ2n) is 15.6. The molecule has 5 aliphatic carbocycles. The Morgan fingerprint density at radius 2 is 1.54 bits per heavy atom. The van der Waals surface area contributed by atoms with Crippen molar-refractivity contribution in [3.8, 4) is 0 Å². The topological polar surface area (TPSA) is 166 Å². The number of hydrogen-bond acceptors (Lipinski definition) is 14. The fraction of sp³-hybridized carbons (Fsp3) is 0.737. The largest absolute Gasteiger partial charge is 0.462 e. The van der Waals surface area contributed by atoms with Crippen molar-refractivity contribution in [1.82, 2.24) is 4.90 Å². The zero-order valence-electron chi connectivity index (χ0n) is 31.1. The van der Waals surface area contributed by atoms with Gasteiger partial charge in [-0.25, -0.2) is 4.79 Å². The van der Waals surface area contributed by atoms with Gasteiger partial charge < -0.3 is 43.0 Å². The van der Waals surface area contributed by atoms with E-state index in [1.165, 1.54) is 27.9 Å². The molecule has 14 nitrogen and oxygen atoms in total. The van der Waals surface area contributed by atoms with Crippen LogP contribution in [-0.4, -0.2) is 136 Å². The van der Waals surface area contributed by atoms with E-state index in [-0.39, 0.29) is 18.6 Å². The summed E-state index contributed by atoms with van der Waals surface area (Å²) in [4.78, 5) is 55.9. The molecule has 1 saturated heterocycles. The molecular weight excluding hydrogens is 678 g/mol. The molecule has 1 aliphatic heterocycles. The number of carbonyl (C=O) groups excluding carboxylic acids is 4. The van der Waals surface area contributed by atoms with E-state index in [1.54, 1.807) is 51.7 Å². The molecule has 0 radical (unpaired) electrons. The molecule has 1 aromatic carbocycles. The Balaban J connectivity index is 1.57. The van der Waals surface area contributed by atoms with Crippen LogP contribution < -0.4 is 0 Å². The Kier molecular flexibility index (Phi) is 9.31. The zero-order valence-corrected chi connectivity index (χ0v) is 31.1. The lowest BCUT2D eigenvalue weighted by molar-refractivity contribution is -0.323. The highest BCUT2D eigenvalue weighted by atomic mass is 16.6. The van der Waals surface area contributed by atoms with E-state index in [9.17, 15) is 24.3 Å². The smallest absolute Gasteiger partial charge is 0.338 e. The maximum Gasteiger partial charge on any atom is 0.338 e. The monoisotopic (exact) mass is 729 g/mol. The quantitative estimate of drug-likeness (QED) is 0.259. The van der Waals surface area contributed by atoms with Gasteiger partial charge in [0.05, 0.1) is 24.4 Å². The first kappa shape index (κ1) is 37.2. The molecule has 6 aliphatic rings. The highest BCUT2D eigenvalue weighted by molar-refractivity contribution is 5.89. The molecular formula is C38H51NO13. The fourth-order valence-corrected chi connectivity index (χ4v) is 13.1. The standard InChI is InChI=1S/C38H51NO13/c1-9-39-17-35(18-45-5)24(49-19(2)40)15-25(46-6)37-23-16-36(51-20(3)41)32(50-34(44)22-13-11-10-12-14-22)26(23)38(52-21(4)42,31(43)33(36)48-8)27(30(37)39)28(47-7)29(35)37/h10-14,23-33,43H,9,15-18H2,1-8H3/t23?,24-,25+,26?,27+,28+,29?,30?,31+,32-,33+,35+,36-,37+,38-/m1/s1. The number of esters is 4.